The molecule has 0 atom stereocenters. The van der Waals surface area contributed by atoms with Crippen LogP contribution < -0.4 is 0 Å². The van der Waals surface area contributed by atoms with Gasteiger partial charge in [-0.05, 0) is 38.0 Å². The van der Waals surface area contributed by atoms with Gasteiger partial charge in [0, 0.05) is 42.8 Å². The molecule has 1 amide bonds. The Kier molecular flexibility index (Phi) is 5.74. The highest BCUT2D eigenvalue weighted by molar-refractivity contribution is 7.17. The van der Waals surface area contributed by atoms with E-state index in [1.54, 1.807) is 12.1 Å². The zero-order chi connectivity index (χ0) is 19.0. The second kappa shape index (κ2) is 8.08. The van der Waals surface area contributed by atoms with Crippen LogP contribution in [0.5, 0.6) is 0 Å². The summed E-state index contributed by atoms with van der Waals surface area (Å²) in [6.07, 6.45) is 5.32. The van der Waals surface area contributed by atoms with E-state index in [1.165, 1.54) is 37.0 Å². The number of nitrogens with zero attached hydrogens (tertiary/aromatic N) is 3. The van der Waals surface area contributed by atoms with Crippen LogP contribution in [-0.4, -0.2) is 52.9 Å². The van der Waals surface area contributed by atoms with Crippen molar-refractivity contribution in [2.24, 2.45) is 0 Å². The summed E-state index contributed by atoms with van der Waals surface area (Å²) in [7, 11) is 0. The van der Waals surface area contributed by atoms with Gasteiger partial charge in [-0.2, -0.15) is 0 Å². The van der Waals surface area contributed by atoms with E-state index in [0.717, 1.165) is 48.5 Å². The molecule has 1 saturated carbocycles. The van der Waals surface area contributed by atoms with Gasteiger partial charge in [-0.3, -0.25) is 9.69 Å². The highest BCUT2D eigenvalue weighted by Crippen LogP contribution is 2.35. The Morgan fingerprint density at radius 3 is 2.52 bits per heavy atom. The van der Waals surface area contributed by atoms with Crippen LogP contribution in [-0.2, 0) is 0 Å². The second-order valence-electron chi connectivity index (χ2n) is 7.32. The van der Waals surface area contributed by atoms with Gasteiger partial charge in [0.1, 0.15) is 9.88 Å². The number of amides is 1. The van der Waals surface area contributed by atoms with E-state index >= 15 is 0 Å². The summed E-state index contributed by atoms with van der Waals surface area (Å²) >= 11 is 13.7. The molecule has 1 aliphatic carbocycles. The van der Waals surface area contributed by atoms with Gasteiger partial charge in [0.15, 0.2) is 0 Å². The van der Waals surface area contributed by atoms with Crippen LogP contribution in [0, 0.1) is 6.92 Å². The Balaban J connectivity index is 1.47. The highest BCUT2D eigenvalue weighted by Gasteiger charge is 2.29. The molecule has 0 unspecified atom stereocenters. The van der Waals surface area contributed by atoms with Gasteiger partial charge in [0.05, 0.1) is 10.7 Å². The first-order chi connectivity index (χ1) is 13.0. The van der Waals surface area contributed by atoms with Gasteiger partial charge in [0.2, 0.25) is 0 Å². The predicted octanol–water partition coefficient (Wildman–Crippen LogP) is 5.13. The van der Waals surface area contributed by atoms with Crippen LogP contribution in [0.25, 0.3) is 10.6 Å². The Morgan fingerprint density at radius 2 is 1.85 bits per heavy atom. The molecular weight excluding hydrogens is 401 g/mol. The SMILES string of the molecule is Cc1nc(-c2ccc(Cl)cc2Cl)sc1C(=O)N1CCN(C2CCCC2)CC1. The Morgan fingerprint density at radius 1 is 1.15 bits per heavy atom. The fourth-order valence-electron chi connectivity index (χ4n) is 4.08. The number of rotatable bonds is 3. The fourth-order valence-corrected chi connectivity index (χ4v) is 5.70. The Hall–Kier alpha value is -1.14. The maximum atomic E-state index is 13.1. The summed E-state index contributed by atoms with van der Waals surface area (Å²) in [6, 6.07) is 6.09. The zero-order valence-electron chi connectivity index (χ0n) is 15.4. The molecule has 2 aliphatic rings. The minimum absolute atomic E-state index is 0.0902. The van der Waals surface area contributed by atoms with E-state index in [0.29, 0.717) is 14.9 Å². The molecular formula is C20H23Cl2N3OS. The van der Waals surface area contributed by atoms with E-state index in [4.69, 9.17) is 23.2 Å². The topological polar surface area (TPSA) is 36.4 Å². The van der Waals surface area contributed by atoms with Gasteiger partial charge in [-0.15, -0.1) is 11.3 Å². The van der Waals surface area contributed by atoms with Crippen LogP contribution in [0.15, 0.2) is 18.2 Å². The molecule has 27 heavy (non-hydrogen) atoms. The molecule has 0 radical (unpaired) electrons. The van der Waals surface area contributed by atoms with Crippen LogP contribution in [0.2, 0.25) is 10.0 Å². The maximum absolute atomic E-state index is 13.1. The van der Waals surface area contributed by atoms with Crippen LogP contribution in [0.4, 0.5) is 0 Å². The quantitative estimate of drug-likeness (QED) is 0.686. The molecule has 144 valence electrons. The molecule has 4 nitrogen and oxygen atoms in total. The van der Waals surface area contributed by atoms with Crippen molar-refractivity contribution in [1.29, 1.82) is 0 Å². The standard InChI is InChI=1S/C20H23Cl2N3OS/c1-13-18(27-19(23-13)16-7-6-14(21)12-17(16)22)20(26)25-10-8-24(9-11-25)15-4-2-3-5-15/h6-7,12,15H,2-5,8-11H2,1H3. The van der Waals surface area contributed by atoms with Crippen LogP contribution >= 0.6 is 34.5 Å². The smallest absolute Gasteiger partial charge is 0.265 e. The number of halogens is 2. The van der Waals surface area contributed by atoms with Crippen molar-refractivity contribution in [3.8, 4) is 10.6 Å². The number of thiazole rings is 1. The molecule has 0 N–H and O–H groups in total. The fraction of sp³-hybridized carbons (Fsp3) is 0.500. The van der Waals surface area contributed by atoms with E-state index in [1.807, 2.05) is 17.9 Å². The van der Waals surface area contributed by atoms with E-state index in [-0.39, 0.29) is 5.91 Å². The molecule has 7 heteroatoms. The molecule has 0 spiro atoms. The minimum Gasteiger partial charge on any atom is -0.335 e. The third-order valence-corrected chi connectivity index (χ3v) is 7.32. The molecule has 1 saturated heterocycles. The van der Waals surface area contributed by atoms with Gasteiger partial charge < -0.3 is 4.90 Å². The predicted molar refractivity (Wildman–Crippen MR) is 112 cm³/mol. The molecule has 2 fully saturated rings. The number of aryl methyl sites for hydroxylation is 1. The highest BCUT2D eigenvalue weighted by atomic mass is 35.5. The molecule has 1 aromatic heterocycles. The van der Waals surface area contributed by atoms with Gasteiger partial charge in [0.25, 0.3) is 5.91 Å². The summed E-state index contributed by atoms with van der Waals surface area (Å²) < 4.78 is 0. The largest absolute Gasteiger partial charge is 0.335 e. The number of hydrogen-bond donors (Lipinski definition) is 0. The lowest BCUT2D eigenvalue weighted by atomic mass is 10.1. The summed E-state index contributed by atoms with van der Waals surface area (Å²) in [4.78, 5) is 22.9. The minimum atomic E-state index is 0.0902. The monoisotopic (exact) mass is 423 g/mol. The first kappa shape index (κ1) is 19.2. The molecule has 0 bridgehead atoms. The normalized spacial score (nSPS) is 19.0. The summed E-state index contributed by atoms with van der Waals surface area (Å²) in [6.45, 7) is 5.44. The average molecular weight is 424 g/mol. The van der Waals surface area contributed by atoms with Gasteiger partial charge in [-0.1, -0.05) is 36.0 Å². The number of carbonyl (C=O) groups is 1. The molecule has 1 aromatic carbocycles. The number of aromatic nitrogens is 1. The Bertz CT molecular complexity index is 840. The molecule has 2 heterocycles. The van der Waals surface area contributed by atoms with Crippen molar-refractivity contribution in [3.63, 3.8) is 0 Å². The number of piperazine rings is 1. The van der Waals surface area contributed by atoms with E-state index in [9.17, 15) is 4.79 Å². The first-order valence-corrected chi connectivity index (χ1v) is 11.1. The van der Waals surface area contributed by atoms with Crippen molar-refractivity contribution in [3.05, 3.63) is 38.8 Å². The molecule has 4 rings (SSSR count). The molecule has 2 aromatic rings. The summed E-state index contributed by atoms with van der Waals surface area (Å²) in [5.41, 5.74) is 1.59. The lowest BCUT2D eigenvalue weighted by molar-refractivity contribution is 0.0577. The lowest BCUT2D eigenvalue weighted by Gasteiger charge is -2.37. The first-order valence-electron chi connectivity index (χ1n) is 9.49. The third-order valence-electron chi connectivity index (χ3n) is 5.59. The van der Waals surface area contributed by atoms with Crippen molar-refractivity contribution in [1.82, 2.24) is 14.8 Å². The second-order valence-corrected chi connectivity index (χ2v) is 9.17. The van der Waals surface area contributed by atoms with Crippen molar-refractivity contribution in [2.75, 3.05) is 26.2 Å². The van der Waals surface area contributed by atoms with Gasteiger partial charge >= 0.3 is 0 Å². The number of benzene rings is 1. The van der Waals surface area contributed by atoms with E-state index < -0.39 is 0 Å². The van der Waals surface area contributed by atoms with Crippen LogP contribution in [0.3, 0.4) is 0 Å². The van der Waals surface area contributed by atoms with E-state index in [2.05, 4.69) is 9.88 Å². The number of hydrogen-bond acceptors (Lipinski definition) is 4. The zero-order valence-corrected chi connectivity index (χ0v) is 17.7. The average Bonchev–Trinajstić information content (AvgIpc) is 3.31. The van der Waals surface area contributed by atoms with Crippen molar-refractivity contribution < 1.29 is 4.79 Å². The third kappa shape index (κ3) is 4.02. The van der Waals surface area contributed by atoms with Crippen molar-refractivity contribution in [2.45, 2.75) is 38.6 Å². The lowest BCUT2D eigenvalue weighted by Crippen LogP contribution is -2.51. The molecule has 1 aliphatic heterocycles. The van der Waals surface area contributed by atoms with Gasteiger partial charge in [-0.25, -0.2) is 4.98 Å². The van der Waals surface area contributed by atoms with Crippen molar-refractivity contribution >= 4 is 40.4 Å². The van der Waals surface area contributed by atoms with Crippen LogP contribution in [0.1, 0.15) is 41.0 Å². The Labute approximate surface area is 174 Å². The number of carbonyl (C=O) groups excluding carboxylic acids is 1. The maximum Gasteiger partial charge on any atom is 0.265 e. The summed E-state index contributed by atoms with van der Waals surface area (Å²) in [5, 5.41) is 1.91. The summed E-state index contributed by atoms with van der Waals surface area (Å²) in [5.74, 6) is 0.0902.